The number of amides is 1. The van der Waals surface area contributed by atoms with E-state index < -0.39 is 0 Å². The van der Waals surface area contributed by atoms with Gasteiger partial charge >= 0.3 is 0 Å². The summed E-state index contributed by atoms with van der Waals surface area (Å²) in [5.74, 6) is -0.815. The molecular formula is C13H14N2O3. The second kappa shape index (κ2) is 5.27. The number of nitrogens with one attached hydrogen (secondary N) is 1. The molecule has 2 aromatic rings. The Morgan fingerprint density at radius 1 is 1.17 bits per heavy atom. The number of hydrogen-bond donors (Lipinski definition) is 3. The Morgan fingerprint density at radius 2 is 1.89 bits per heavy atom. The van der Waals surface area contributed by atoms with E-state index >= 15 is 0 Å². The topological polar surface area (TPSA) is 74.5 Å². The fourth-order valence-corrected chi connectivity index (χ4v) is 1.58. The number of carbonyl (C=O) groups is 1. The molecular weight excluding hydrogens is 232 g/mol. The highest BCUT2D eigenvalue weighted by Crippen LogP contribution is 2.24. The molecule has 5 nitrogen and oxygen atoms in total. The standard InChI is InChI=1S/C13H14N2O3/c16-11-4-3-10(9-12(11)17)13(18)14-5-8-15-6-1-2-7-15/h1-4,6-7,9,16-17H,5,8H2,(H,14,18). The Morgan fingerprint density at radius 3 is 2.56 bits per heavy atom. The van der Waals surface area contributed by atoms with Crippen molar-refractivity contribution in [2.24, 2.45) is 0 Å². The van der Waals surface area contributed by atoms with Gasteiger partial charge in [-0.3, -0.25) is 4.79 Å². The quantitative estimate of drug-likeness (QED) is 0.712. The molecule has 18 heavy (non-hydrogen) atoms. The lowest BCUT2D eigenvalue weighted by Gasteiger charge is -2.07. The number of phenols is 2. The molecule has 0 unspecified atom stereocenters. The average Bonchev–Trinajstić information content (AvgIpc) is 2.85. The van der Waals surface area contributed by atoms with Crippen LogP contribution in [0, 0.1) is 0 Å². The van der Waals surface area contributed by atoms with Crippen molar-refractivity contribution in [1.29, 1.82) is 0 Å². The van der Waals surface area contributed by atoms with E-state index in [-0.39, 0.29) is 17.4 Å². The zero-order valence-electron chi connectivity index (χ0n) is 9.71. The predicted octanol–water partition coefficient (Wildman–Crippen LogP) is 1.33. The average molecular weight is 246 g/mol. The first-order chi connectivity index (χ1) is 8.66. The maximum Gasteiger partial charge on any atom is 0.251 e. The summed E-state index contributed by atoms with van der Waals surface area (Å²) in [7, 11) is 0. The van der Waals surface area contributed by atoms with Crippen molar-refractivity contribution in [2.45, 2.75) is 6.54 Å². The maximum atomic E-state index is 11.7. The first kappa shape index (κ1) is 12.0. The highest BCUT2D eigenvalue weighted by molar-refractivity contribution is 5.94. The van der Waals surface area contributed by atoms with Gasteiger partial charge in [-0.1, -0.05) is 0 Å². The summed E-state index contributed by atoms with van der Waals surface area (Å²) >= 11 is 0. The van der Waals surface area contributed by atoms with Gasteiger partial charge in [-0.2, -0.15) is 0 Å². The molecule has 0 aliphatic rings. The summed E-state index contributed by atoms with van der Waals surface area (Å²) in [4.78, 5) is 11.7. The third-order valence-electron chi connectivity index (χ3n) is 2.56. The van der Waals surface area contributed by atoms with Crippen molar-refractivity contribution in [2.75, 3.05) is 6.54 Å². The lowest BCUT2D eigenvalue weighted by Crippen LogP contribution is -2.26. The van der Waals surface area contributed by atoms with E-state index in [4.69, 9.17) is 5.11 Å². The number of carbonyl (C=O) groups excluding carboxylic acids is 1. The fraction of sp³-hybridized carbons (Fsp3) is 0.154. The highest BCUT2D eigenvalue weighted by atomic mass is 16.3. The molecule has 3 N–H and O–H groups in total. The minimum atomic E-state index is -0.298. The zero-order chi connectivity index (χ0) is 13.0. The number of rotatable bonds is 4. The molecule has 1 aromatic heterocycles. The summed E-state index contributed by atoms with van der Waals surface area (Å²) in [6.45, 7) is 1.18. The van der Waals surface area contributed by atoms with E-state index in [1.54, 1.807) is 0 Å². The maximum absolute atomic E-state index is 11.7. The zero-order valence-corrected chi connectivity index (χ0v) is 9.71. The number of nitrogens with zero attached hydrogens (tertiary/aromatic N) is 1. The molecule has 1 amide bonds. The summed E-state index contributed by atoms with van der Waals surface area (Å²) in [6.07, 6.45) is 3.83. The van der Waals surface area contributed by atoms with Crippen molar-refractivity contribution < 1.29 is 15.0 Å². The largest absolute Gasteiger partial charge is 0.504 e. The predicted molar refractivity (Wildman–Crippen MR) is 66.5 cm³/mol. The second-order valence-electron chi connectivity index (χ2n) is 3.88. The molecule has 0 radical (unpaired) electrons. The first-order valence-electron chi connectivity index (χ1n) is 5.58. The molecule has 5 heteroatoms. The van der Waals surface area contributed by atoms with E-state index in [1.165, 1.54) is 18.2 Å². The van der Waals surface area contributed by atoms with Crippen LogP contribution in [-0.2, 0) is 6.54 Å². The lowest BCUT2D eigenvalue weighted by atomic mass is 10.2. The monoisotopic (exact) mass is 246 g/mol. The van der Waals surface area contributed by atoms with Crippen molar-refractivity contribution in [1.82, 2.24) is 9.88 Å². The van der Waals surface area contributed by atoms with Gasteiger partial charge in [0.2, 0.25) is 0 Å². The highest BCUT2D eigenvalue weighted by Gasteiger charge is 2.07. The molecule has 1 aromatic carbocycles. The van der Waals surface area contributed by atoms with E-state index in [9.17, 15) is 9.90 Å². The number of phenolic OH excluding ortho intramolecular Hbond substituents is 2. The van der Waals surface area contributed by atoms with Crippen molar-refractivity contribution >= 4 is 5.91 Å². The molecule has 2 rings (SSSR count). The van der Waals surface area contributed by atoms with E-state index in [0.29, 0.717) is 18.7 Å². The number of benzene rings is 1. The van der Waals surface area contributed by atoms with Gasteiger partial charge in [0.25, 0.3) is 5.91 Å². The van der Waals surface area contributed by atoms with Gasteiger partial charge in [0.05, 0.1) is 0 Å². The Hall–Kier alpha value is -2.43. The van der Waals surface area contributed by atoms with Crippen LogP contribution in [0.1, 0.15) is 10.4 Å². The third kappa shape index (κ3) is 2.82. The van der Waals surface area contributed by atoms with E-state index in [1.807, 2.05) is 29.1 Å². The molecule has 0 saturated heterocycles. The van der Waals surface area contributed by atoms with Gasteiger partial charge in [0.1, 0.15) is 0 Å². The van der Waals surface area contributed by atoms with Gasteiger partial charge in [0, 0.05) is 31.0 Å². The summed E-state index contributed by atoms with van der Waals surface area (Å²) in [5.41, 5.74) is 0.317. The molecule has 0 atom stereocenters. The van der Waals surface area contributed by atoms with Crippen molar-refractivity contribution in [3.8, 4) is 11.5 Å². The van der Waals surface area contributed by atoms with Crippen LogP contribution >= 0.6 is 0 Å². The first-order valence-corrected chi connectivity index (χ1v) is 5.58. The van der Waals surface area contributed by atoms with Crippen LogP contribution in [0.25, 0.3) is 0 Å². The Labute approximate surface area is 104 Å². The van der Waals surface area contributed by atoms with E-state index in [0.717, 1.165) is 0 Å². The van der Waals surface area contributed by atoms with Gasteiger partial charge in [-0.15, -0.1) is 0 Å². The number of aromatic nitrogens is 1. The van der Waals surface area contributed by atoms with Crippen molar-refractivity contribution in [3.05, 3.63) is 48.3 Å². The SMILES string of the molecule is O=C(NCCn1cccc1)c1ccc(O)c(O)c1. The van der Waals surface area contributed by atoms with Crippen molar-refractivity contribution in [3.63, 3.8) is 0 Å². The second-order valence-corrected chi connectivity index (χ2v) is 3.88. The summed E-state index contributed by atoms with van der Waals surface area (Å²) in [5, 5.41) is 21.2. The molecule has 0 saturated carbocycles. The van der Waals surface area contributed by atoms with Crippen LogP contribution in [0.15, 0.2) is 42.7 Å². The van der Waals surface area contributed by atoms with Crippen LogP contribution < -0.4 is 5.32 Å². The van der Waals surface area contributed by atoms with Crippen LogP contribution in [0.3, 0.4) is 0 Å². The lowest BCUT2D eigenvalue weighted by molar-refractivity contribution is 0.0952. The van der Waals surface area contributed by atoms with Gasteiger partial charge < -0.3 is 20.1 Å². The molecule has 0 aliphatic heterocycles. The minimum Gasteiger partial charge on any atom is -0.504 e. The number of aromatic hydroxyl groups is 2. The molecule has 0 spiro atoms. The molecule has 0 bridgehead atoms. The Balaban J connectivity index is 1.89. The summed E-state index contributed by atoms with van der Waals surface area (Å²) < 4.78 is 1.95. The molecule has 94 valence electrons. The van der Waals surface area contributed by atoms with E-state index in [2.05, 4.69) is 5.32 Å². The normalized spacial score (nSPS) is 10.2. The molecule has 0 aliphatic carbocycles. The fourth-order valence-electron chi connectivity index (χ4n) is 1.58. The Bertz CT molecular complexity index is 535. The van der Waals surface area contributed by atoms with Gasteiger partial charge in [-0.05, 0) is 30.3 Å². The molecule has 0 fully saturated rings. The number of hydrogen-bond acceptors (Lipinski definition) is 3. The Kier molecular flexibility index (Phi) is 3.52. The third-order valence-corrected chi connectivity index (χ3v) is 2.56. The summed E-state index contributed by atoms with van der Waals surface area (Å²) in [6, 6.07) is 7.82. The minimum absolute atomic E-state index is 0.237. The van der Waals surface area contributed by atoms with Gasteiger partial charge in [-0.25, -0.2) is 0 Å². The van der Waals surface area contributed by atoms with Gasteiger partial charge in [0.15, 0.2) is 11.5 Å². The smallest absolute Gasteiger partial charge is 0.251 e. The van der Waals surface area contributed by atoms with Crippen LogP contribution in [0.5, 0.6) is 11.5 Å². The van der Waals surface area contributed by atoms with Crippen LogP contribution in [0.2, 0.25) is 0 Å². The van der Waals surface area contributed by atoms with Crippen LogP contribution in [0.4, 0.5) is 0 Å². The van der Waals surface area contributed by atoms with Crippen LogP contribution in [-0.4, -0.2) is 27.2 Å². The molecule has 1 heterocycles.